The Hall–Kier alpha value is -3.84. The second-order valence-corrected chi connectivity index (χ2v) is 9.73. The fraction of sp³-hybridized carbons (Fsp3) is 0.174. The van der Waals surface area contributed by atoms with Crippen LogP contribution in [0.5, 0.6) is 0 Å². The van der Waals surface area contributed by atoms with E-state index < -0.39 is 38.9 Å². The molecule has 0 saturated heterocycles. The van der Waals surface area contributed by atoms with Crippen LogP contribution in [0.1, 0.15) is 22.8 Å². The SMILES string of the molecule is Cc1cc2c(cc1F)c(C(N)=O)c(-c1ccc(S(=O)(=O)N[C@@H](C)C(F)(F)F)cn1)n2-c1cccnc1. The number of rotatable bonds is 6. The lowest BCUT2D eigenvalue weighted by atomic mass is 10.1. The number of benzene rings is 1. The Bertz CT molecular complexity index is 1570. The standard InChI is InChI=1S/C23H19F4N5O3S/c1-12-8-19-16(9-17(12)24)20(22(28)33)21(32(19)14-4-3-7-29-10-14)18-6-5-15(11-30-18)36(34,35)31-13(2)23(25,26)27/h3-11,13,31H,1-2H3,(H2,28,33)/t13-/m0/s1. The first-order valence-corrected chi connectivity index (χ1v) is 11.9. The molecular formula is C23H19F4N5O3S. The van der Waals surface area contributed by atoms with Gasteiger partial charge in [0.15, 0.2) is 0 Å². The van der Waals surface area contributed by atoms with E-state index >= 15 is 0 Å². The third-order valence-corrected chi connectivity index (χ3v) is 7.04. The second-order valence-electron chi connectivity index (χ2n) is 8.02. The highest BCUT2D eigenvalue weighted by molar-refractivity contribution is 7.89. The van der Waals surface area contributed by atoms with E-state index in [0.717, 1.165) is 12.3 Å². The quantitative estimate of drug-likeness (QED) is 0.374. The molecule has 0 aliphatic heterocycles. The molecule has 3 heterocycles. The predicted molar refractivity (Wildman–Crippen MR) is 123 cm³/mol. The van der Waals surface area contributed by atoms with Gasteiger partial charge in [0.2, 0.25) is 10.0 Å². The van der Waals surface area contributed by atoms with Gasteiger partial charge in [-0.25, -0.2) is 12.8 Å². The van der Waals surface area contributed by atoms with E-state index in [9.17, 15) is 30.8 Å². The summed E-state index contributed by atoms with van der Waals surface area (Å²) in [7, 11) is -4.56. The third kappa shape index (κ3) is 4.54. The number of alkyl halides is 3. The zero-order chi connectivity index (χ0) is 26.4. The number of hydrogen-bond acceptors (Lipinski definition) is 5. The van der Waals surface area contributed by atoms with Gasteiger partial charge in [-0.3, -0.25) is 14.8 Å². The number of amides is 1. The number of primary amides is 1. The second kappa shape index (κ2) is 8.99. The van der Waals surface area contributed by atoms with Gasteiger partial charge >= 0.3 is 6.18 Å². The fourth-order valence-electron chi connectivity index (χ4n) is 3.70. The number of carbonyl (C=O) groups is 1. The van der Waals surface area contributed by atoms with Crippen molar-refractivity contribution in [1.82, 2.24) is 19.3 Å². The number of pyridine rings is 2. The molecule has 1 amide bonds. The number of sulfonamides is 1. The van der Waals surface area contributed by atoms with Crippen molar-refractivity contribution in [3.8, 4) is 17.1 Å². The molecule has 188 valence electrons. The number of aromatic nitrogens is 3. The lowest BCUT2D eigenvalue weighted by Crippen LogP contribution is -2.42. The molecule has 4 aromatic rings. The van der Waals surface area contributed by atoms with E-state index in [0.29, 0.717) is 23.7 Å². The summed E-state index contributed by atoms with van der Waals surface area (Å²) in [5, 5.41) is 0.198. The van der Waals surface area contributed by atoms with Gasteiger partial charge in [0.05, 0.1) is 34.4 Å². The number of nitrogens with one attached hydrogen (secondary N) is 1. The maximum atomic E-state index is 14.5. The molecule has 0 radical (unpaired) electrons. The van der Waals surface area contributed by atoms with E-state index in [-0.39, 0.29) is 22.3 Å². The van der Waals surface area contributed by atoms with E-state index in [1.165, 1.54) is 30.6 Å². The first-order valence-electron chi connectivity index (χ1n) is 10.4. The van der Waals surface area contributed by atoms with Crippen LogP contribution in [0, 0.1) is 12.7 Å². The maximum Gasteiger partial charge on any atom is 0.404 e. The Morgan fingerprint density at radius 1 is 1.17 bits per heavy atom. The van der Waals surface area contributed by atoms with Gasteiger partial charge < -0.3 is 10.3 Å². The summed E-state index contributed by atoms with van der Waals surface area (Å²) in [5.41, 5.74) is 7.00. The van der Waals surface area contributed by atoms with Crippen molar-refractivity contribution in [1.29, 1.82) is 0 Å². The van der Waals surface area contributed by atoms with Crippen LogP contribution < -0.4 is 10.5 Å². The highest BCUT2D eigenvalue weighted by atomic mass is 32.2. The number of fused-ring (bicyclic) bond motifs is 1. The normalized spacial score (nSPS) is 13.2. The number of nitrogens with zero attached hydrogens (tertiary/aromatic N) is 3. The summed E-state index contributed by atoms with van der Waals surface area (Å²) in [5.74, 6) is -1.46. The van der Waals surface area contributed by atoms with E-state index in [4.69, 9.17) is 5.73 Å². The summed E-state index contributed by atoms with van der Waals surface area (Å²) in [6.07, 6.45) is -0.896. The largest absolute Gasteiger partial charge is 0.404 e. The molecular weight excluding hydrogens is 502 g/mol. The zero-order valence-corrected chi connectivity index (χ0v) is 19.7. The Balaban J connectivity index is 1.93. The van der Waals surface area contributed by atoms with Crippen LogP contribution in [0.25, 0.3) is 28.0 Å². The predicted octanol–water partition coefficient (Wildman–Crippen LogP) is 3.86. The average molecular weight is 521 g/mol. The Morgan fingerprint density at radius 3 is 2.44 bits per heavy atom. The summed E-state index contributed by atoms with van der Waals surface area (Å²) in [6, 6.07) is 5.97. The molecule has 3 N–H and O–H groups in total. The number of halogens is 4. The first kappa shape index (κ1) is 25.3. The first-order chi connectivity index (χ1) is 16.8. The van der Waals surface area contributed by atoms with E-state index in [1.54, 1.807) is 28.3 Å². The van der Waals surface area contributed by atoms with Crippen molar-refractivity contribution < 1.29 is 30.8 Å². The Labute approximate surface area is 202 Å². The van der Waals surface area contributed by atoms with Gasteiger partial charge in [0, 0.05) is 17.8 Å². The van der Waals surface area contributed by atoms with Gasteiger partial charge in [-0.15, -0.1) is 0 Å². The van der Waals surface area contributed by atoms with Crippen LogP contribution in [0.2, 0.25) is 0 Å². The number of nitrogens with two attached hydrogens (primary N) is 1. The molecule has 8 nitrogen and oxygen atoms in total. The smallest absolute Gasteiger partial charge is 0.366 e. The Kier molecular flexibility index (Phi) is 6.31. The van der Waals surface area contributed by atoms with Crippen LogP contribution in [-0.4, -0.2) is 41.1 Å². The summed E-state index contributed by atoms with van der Waals surface area (Å²) >= 11 is 0. The van der Waals surface area contributed by atoms with Crippen LogP contribution in [0.15, 0.2) is 59.9 Å². The van der Waals surface area contributed by atoms with E-state index in [2.05, 4.69) is 9.97 Å². The molecule has 36 heavy (non-hydrogen) atoms. The summed E-state index contributed by atoms with van der Waals surface area (Å²) < 4.78 is 81.0. The molecule has 0 unspecified atom stereocenters. The number of hydrogen-bond donors (Lipinski definition) is 2. The van der Waals surface area contributed by atoms with Crippen molar-refractivity contribution in [3.05, 3.63) is 71.9 Å². The van der Waals surface area contributed by atoms with Crippen LogP contribution in [0.4, 0.5) is 17.6 Å². The third-order valence-electron chi connectivity index (χ3n) is 5.51. The summed E-state index contributed by atoms with van der Waals surface area (Å²) in [6.45, 7) is 2.22. The molecule has 0 aliphatic rings. The van der Waals surface area contributed by atoms with Crippen LogP contribution in [0.3, 0.4) is 0 Å². The minimum Gasteiger partial charge on any atom is -0.366 e. The van der Waals surface area contributed by atoms with Crippen molar-refractivity contribution >= 4 is 26.8 Å². The average Bonchev–Trinajstić information content (AvgIpc) is 3.13. The minimum absolute atomic E-state index is 0.0697. The summed E-state index contributed by atoms with van der Waals surface area (Å²) in [4.78, 5) is 20.2. The van der Waals surface area contributed by atoms with Gasteiger partial charge in [-0.2, -0.15) is 17.9 Å². The molecule has 0 bridgehead atoms. The Morgan fingerprint density at radius 2 is 1.89 bits per heavy atom. The molecule has 1 aromatic carbocycles. The molecule has 3 aromatic heterocycles. The van der Waals surface area contributed by atoms with Crippen molar-refractivity contribution in [2.24, 2.45) is 5.73 Å². The van der Waals surface area contributed by atoms with Crippen molar-refractivity contribution in [2.75, 3.05) is 0 Å². The lowest BCUT2D eigenvalue weighted by Gasteiger charge is -2.17. The molecule has 0 saturated carbocycles. The van der Waals surface area contributed by atoms with E-state index in [1.807, 2.05) is 0 Å². The number of carbonyl (C=O) groups excluding carboxylic acids is 1. The molecule has 13 heteroatoms. The van der Waals surface area contributed by atoms with Gasteiger partial charge in [0.25, 0.3) is 5.91 Å². The highest BCUT2D eigenvalue weighted by Gasteiger charge is 2.39. The zero-order valence-electron chi connectivity index (χ0n) is 18.8. The molecule has 0 aliphatic carbocycles. The fourth-order valence-corrected chi connectivity index (χ4v) is 4.88. The van der Waals surface area contributed by atoms with Gasteiger partial charge in [-0.1, -0.05) is 0 Å². The van der Waals surface area contributed by atoms with Gasteiger partial charge in [-0.05, 0) is 55.8 Å². The highest BCUT2D eigenvalue weighted by Crippen LogP contribution is 2.37. The molecule has 0 fully saturated rings. The topological polar surface area (TPSA) is 120 Å². The molecule has 0 spiro atoms. The number of aryl methyl sites for hydroxylation is 1. The van der Waals surface area contributed by atoms with Crippen LogP contribution in [-0.2, 0) is 10.0 Å². The maximum absolute atomic E-state index is 14.5. The van der Waals surface area contributed by atoms with Crippen molar-refractivity contribution in [2.45, 2.75) is 31.0 Å². The molecule has 1 atom stereocenters. The van der Waals surface area contributed by atoms with Crippen molar-refractivity contribution in [3.63, 3.8) is 0 Å². The lowest BCUT2D eigenvalue weighted by molar-refractivity contribution is -0.147. The molecule has 4 rings (SSSR count). The van der Waals surface area contributed by atoms with Gasteiger partial charge in [0.1, 0.15) is 16.8 Å². The van der Waals surface area contributed by atoms with Crippen LogP contribution >= 0.6 is 0 Å². The minimum atomic E-state index is -4.78. The monoisotopic (exact) mass is 521 g/mol.